The Morgan fingerprint density at radius 2 is 2.19 bits per heavy atom. The molecule has 5 nitrogen and oxygen atoms in total. The fourth-order valence-corrected chi connectivity index (χ4v) is 2.60. The fraction of sp³-hybridized carbons (Fsp3) is 0.286. The van der Waals surface area contributed by atoms with E-state index < -0.39 is 5.97 Å². The summed E-state index contributed by atoms with van der Waals surface area (Å²) in [4.78, 5) is 12.1. The number of hydrogen-bond acceptors (Lipinski definition) is 4. The summed E-state index contributed by atoms with van der Waals surface area (Å²) in [5, 5.41) is 4.75. The Labute approximate surface area is 136 Å². The molecule has 0 saturated carbocycles. The summed E-state index contributed by atoms with van der Waals surface area (Å²) in [6.45, 7) is 4.69. The van der Waals surface area contributed by atoms with Gasteiger partial charge in [-0.1, -0.05) is 11.6 Å². The molecule has 2 aromatic rings. The van der Waals surface area contributed by atoms with Gasteiger partial charge in [0.15, 0.2) is 0 Å². The molecule has 0 bridgehead atoms. The number of anilines is 1. The quantitative estimate of drug-likeness (QED) is 0.658. The molecule has 0 radical (unpaired) electrons. The van der Waals surface area contributed by atoms with Gasteiger partial charge in [0.2, 0.25) is 0 Å². The first kappa shape index (κ1) is 15.9. The molecule has 0 saturated heterocycles. The Hall–Kier alpha value is -1.53. The standard InChI is InChI=1S/C14H15BrClN3O2/c1-3-19-12(13(15)8(2)18-19)7-21-14(20)9-4-10(16)6-11(17)5-9/h4-6H,3,7,17H2,1-2H3. The summed E-state index contributed by atoms with van der Waals surface area (Å²) >= 11 is 9.33. The Bertz CT molecular complexity index is 665. The predicted molar refractivity (Wildman–Crippen MR) is 85.3 cm³/mol. The van der Waals surface area contributed by atoms with Gasteiger partial charge in [0.25, 0.3) is 0 Å². The maximum absolute atomic E-state index is 12.1. The summed E-state index contributed by atoms with van der Waals surface area (Å²) in [5.74, 6) is -0.474. The van der Waals surface area contributed by atoms with Crippen LogP contribution in [0, 0.1) is 6.92 Å². The number of nitrogen functional groups attached to an aromatic ring is 1. The molecule has 1 aromatic carbocycles. The molecule has 1 aromatic heterocycles. The zero-order chi connectivity index (χ0) is 15.6. The minimum atomic E-state index is -0.474. The lowest BCUT2D eigenvalue weighted by atomic mass is 10.2. The van der Waals surface area contributed by atoms with Gasteiger partial charge in [-0.3, -0.25) is 4.68 Å². The highest BCUT2D eigenvalue weighted by Crippen LogP contribution is 2.23. The van der Waals surface area contributed by atoms with Crippen molar-refractivity contribution in [2.75, 3.05) is 5.73 Å². The first-order chi connectivity index (χ1) is 9.92. The molecule has 0 spiro atoms. The number of esters is 1. The third kappa shape index (κ3) is 3.57. The first-order valence-corrected chi connectivity index (χ1v) is 7.54. The summed E-state index contributed by atoms with van der Waals surface area (Å²) in [7, 11) is 0. The van der Waals surface area contributed by atoms with Gasteiger partial charge < -0.3 is 10.5 Å². The average molecular weight is 373 g/mol. The van der Waals surface area contributed by atoms with Crippen LogP contribution < -0.4 is 5.73 Å². The fourth-order valence-electron chi connectivity index (χ4n) is 1.95. The lowest BCUT2D eigenvalue weighted by Gasteiger charge is -2.08. The van der Waals surface area contributed by atoms with Crippen molar-refractivity contribution in [1.82, 2.24) is 9.78 Å². The minimum absolute atomic E-state index is 0.126. The number of halogens is 2. The maximum Gasteiger partial charge on any atom is 0.338 e. The molecule has 2 rings (SSSR count). The number of aryl methyl sites for hydroxylation is 2. The van der Waals surface area contributed by atoms with E-state index in [0.29, 0.717) is 22.8 Å². The second-order valence-electron chi connectivity index (χ2n) is 4.51. The van der Waals surface area contributed by atoms with Gasteiger partial charge in [0.1, 0.15) is 6.61 Å². The zero-order valence-corrected chi connectivity index (χ0v) is 14.0. The highest BCUT2D eigenvalue weighted by molar-refractivity contribution is 9.10. The van der Waals surface area contributed by atoms with Crippen molar-refractivity contribution in [3.8, 4) is 0 Å². The Kier molecular flexibility index (Phi) is 4.90. The van der Waals surface area contributed by atoms with E-state index in [4.69, 9.17) is 22.1 Å². The molecule has 0 fully saturated rings. The predicted octanol–water partition coefficient (Wildman–Crippen LogP) is 3.57. The van der Waals surface area contributed by atoms with Crippen molar-refractivity contribution in [2.45, 2.75) is 27.0 Å². The number of aromatic nitrogens is 2. The molecule has 21 heavy (non-hydrogen) atoms. The van der Waals surface area contributed by atoms with Crippen molar-refractivity contribution in [3.63, 3.8) is 0 Å². The van der Waals surface area contributed by atoms with Gasteiger partial charge >= 0.3 is 5.97 Å². The molecule has 0 aliphatic carbocycles. The van der Waals surface area contributed by atoms with Gasteiger partial charge in [-0.2, -0.15) is 5.10 Å². The van der Waals surface area contributed by atoms with Crippen LogP contribution in [0.5, 0.6) is 0 Å². The Morgan fingerprint density at radius 1 is 1.48 bits per heavy atom. The lowest BCUT2D eigenvalue weighted by Crippen LogP contribution is -2.10. The van der Waals surface area contributed by atoms with E-state index in [1.54, 1.807) is 10.7 Å². The number of rotatable bonds is 4. The summed E-state index contributed by atoms with van der Waals surface area (Å²) in [6, 6.07) is 4.63. The van der Waals surface area contributed by atoms with Crippen LogP contribution in [0.1, 0.15) is 28.7 Å². The number of benzene rings is 1. The number of nitrogens with two attached hydrogens (primary N) is 1. The molecular weight excluding hydrogens is 358 g/mol. The SMILES string of the molecule is CCn1nc(C)c(Br)c1COC(=O)c1cc(N)cc(Cl)c1. The third-order valence-electron chi connectivity index (χ3n) is 2.95. The molecule has 0 aliphatic rings. The Balaban J connectivity index is 2.14. The molecular formula is C14H15BrClN3O2. The van der Waals surface area contributed by atoms with E-state index in [0.717, 1.165) is 15.9 Å². The summed E-state index contributed by atoms with van der Waals surface area (Å²) < 4.78 is 7.96. The number of nitrogens with zero attached hydrogens (tertiary/aromatic N) is 2. The van der Waals surface area contributed by atoms with Crippen LogP contribution in [0.3, 0.4) is 0 Å². The molecule has 0 aliphatic heterocycles. The molecule has 1 heterocycles. The second kappa shape index (κ2) is 6.49. The number of hydrogen-bond donors (Lipinski definition) is 1. The van der Waals surface area contributed by atoms with Crippen LogP contribution in [0.15, 0.2) is 22.7 Å². The second-order valence-corrected chi connectivity index (χ2v) is 5.74. The lowest BCUT2D eigenvalue weighted by molar-refractivity contribution is 0.0461. The number of carbonyl (C=O) groups is 1. The highest BCUT2D eigenvalue weighted by Gasteiger charge is 2.15. The maximum atomic E-state index is 12.1. The largest absolute Gasteiger partial charge is 0.456 e. The van der Waals surface area contributed by atoms with Crippen LogP contribution in [-0.2, 0) is 17.9 Å². The number of carbonyl (C=O) groups excluding carboxylic acids is 1. The highest BCUT2D eigenvalue weighted by atomic mass is 79.9. The van der Waals surface area contributed by atoms with E-state index in [9.17, 15) is 4.79 Å². The molecule has 0 amide bonds. The average Bonchev–Trinajstić information content (AvgIpc) is 2.70. The van der Waals surface area contributed by atoms with Crippen molar-refractivity contribution >= 4 is 39.2 Å². The minimum Gasteiger partial charge on any atom is -0.456 e. The number of ether oxygens (including phenoxy) is 1. The smallest absolute Gasteiger partial charge is 0.338 e. The van der Waals surface area contributed by atoms with E-state index in [-0.39, 0.29) is 6.61 Å². The van der Waals surface area contributed by atoms with Gasteiger partial charge in [0.05, 0.1) is 21.4 Å². The molecule has 7 heteroatoms. The van der Waals surface area contributed by atoms with Crippen LogP contribution in [0.25, 0.3) is 0 Å². The first-order valence-electron chi connectivity index (χ1n) is 6.37. The van der Waals surface area contributed by atoms with E-state index in [2.05, 4.69) is 21.0 Å². The van der Waals surface area contributed by atoms with Crippen molar-refractivity contribution in [3.05, 3.63) is 44.6 Å². The van der Waals surface area contributed by atoms with E-state index in [1.807, 2.05) is 13.8 Å². The molecule has 112 valence electrons. The monoisotopic (exact) mass is 371 g/mol. The normalized spacial score (nSPS) is 10.7. The van der Waals surface area contributed by atoms with E-state index >= 15 is 0 Å². The third-order valence-corrected chi connectivity index (χ3v) is 4.20. The van der Waals surface area contributed by atoms with Gasteiger partial charge in [-0.05, 0) is 48.0 Å². The van der Waals surface area contributed by atoms with Gasteiger partial charge in [0, 0.05) is 17.3 Å². The zero-order valence-electron chi connectivity index (χ0n) is 11.7. The topological polar surface area (TPSA) is 70.1 Å². The van der Waals surface area contributed by atoms with Crippen molar-refractivity contribution < 1.29 is 9.53 Å². The van der Waals surface area contributed by atoms with Crippen molar-refractivity contribution in [2.24, 2.45) is 0 Å². The molecule has 2 N–H and O–H groups in total. The Morgan fingerprint density at radius 3 is 2.81 bits per heavy atom. The van der Waals surface area contributed by atoms with E-state index in [1.165, 1.54) is 12.1 Å². The molecule has 0 atom stereocenters. The van der Waals surface area contributed by atoms with Gasteiger partial charge in [-0.25, -0.2) is 4.79 Å². The summed E-state index contributed by atoms with van der Waals surface area (Å²) in [5.41, 5.74) is 8.09. The molecule has 0 unspecified atom stereocenters. The van der Waals surface area contributed by atoms with Crippen molar-refractivity contribution in [1.29, 1.82) is 0 Å². The summed E-state index contributed by atoms with van der Waals surface area (Å²) in [6.07, 6.45) is 0. The van der Waals surface area contributed by atoms with Crippen LogP contribution in [0.4, 0.5) is 5.69 Å². The van der Waals surface area contributed by atoms with Crippen LogP contribution in [0.2, 0.25) is 5.02 Å². The van der Waals surface area contributed by atoms with Crippen LogP contribution >= 0.6 is 27.5 Å². The van der Waals surface area contributed by atoms with Crippen LogP contribution in [-0.4, -0.2) is 15.7 Å². The van der Waals surface area contributed by atoms with Gasteiger partial charge in [-0.15, -0.1) is 0 Å².